The highest BCUT2D eigenvalue weighted by atomic mass is 19.1. The van der Waals surface area contributed by atoms with E-state index in [0.29, 0.717) is 31.0 Å². The van der Waals surface area contributed by atoms with Crippen LogP contribution in [0, 0.1) is 11.7 Å². The minimum atomic E-state index is -0.615. The first-order valence-electron chi connectivity index (χ1n) is 5.57. The highest BCUT2D eigenvalue weighted by Gasteiger charge is 2.27. The SMILES string of the molecule is Nc1ccc(C(=O)NCC2CC(O)C2)c(F)c1. The number of nitrogens with two attached hydrogens (primary N) is 1. The lowest BCUT2D eigenvalue weighted by Gasteiger charge is -2.31. The van der Waals surface area contributed by atoms with Crippen molar-refractivity contribution >= 4 is 11.6 Å². The number of nitrogens with one attached hydrogen (secondary N) is 1. The number of halogens is 1. The van der Waals surface area contributed by atoms with Crippen LogP contribution in [0.2, 0.25) is 0 Å². The van der Waals surface area contributed by atoms with Crippen molar-refractivity contribution in [2.75, 3.05) is 12.3 Å². The van der Waals surface area contributed by atoms with Crippen molar-refractivity contribution in [1.82, 2.24) is 5.32 Å². The molecule has 5 heteroatoms. The molecule has 1 aromatic rings. The molecule has 0 unspecified atom stereocenters. The summed E-state index contributed by atoms with van der Waals surface area (Å²) >= 11 is 0. The van der Waals surface area contributed by atoms with Gasteiger partial charge in [-0.1, -0.05) is 0 Å². The molecule has 1 aliphatic carbocycles. The molecule has 1 aliphatic rings. The minimum Gasteiger partial charge on any atom is -0.399 e. The van der Waals surface area contributed by atoms with Gasteiger partial charge in [-0.3, -0.25) is 4.79 Å². The summed E-state index contributed by atoms with van der Waals surface area (Å²) < 4.78 is 13.4. The summed E-state index contributed by atoms with van der Waals surface area (Å²) in [5.41, 5.74) is 5.69. The van der Waals surface area contributed by atoms with Crippen LogP contribution in [0.25, 0.3) is 0 Å². The van der Waals surface area contributed by atoms with Gasteiger partial charge in [0.1, 0.15) is 5.82 Å². The van der Waals surface area contributed by atoms with Gasteiger partial charge in [-0.25, -0.2) is 4.39 Å². The van der Waals surface area contributed by atoms with Crippen molar-refractivity contribution < 1.29 is 14.3 Å². The second-order valence-electron chi connectivity index (χ2n) is 4.44. The van der Waals surface area contributed by atoms with E-state index in [2.05, 4.69) is 5.32 Å². The van der Waals surface area contributed by atoms with Gasteiger partial charge in [0.15, 0.2) is 0 Å². The summed E-state index contributed by atoms with van der Waals surface area (Å²) in [6.07, 6.45) is 1.15. The Morgan fingerprint density at radius 3 is 2.82 bits per heavy atom. The molecule has 4 N–H and O–H groups in total. The number of rotatable bonds is 3. The Bertz CT molecular complexity index is 431. The van der Waals surface area contributed by atoms with E-state index in [1.54, 1.807) is 0 Å². The van der Waals surface area contributed by atoms with Crippen molar-refractivity contribution in [3.05, 3.63) is 29.6 Å². The number of carbonyl (C=O) groups excluding carboxylic acids is 1. The van der Waals surface area contributed by atoms with Crippen LogP contribution in [-0.4, -0.2) is 23.7 Å². The molecular weight excluding hydrogens is 223 g/mol. The van der Waals surface area contributed by atoms with E-state index in [4.69, 9.17) is 10.8 Å². The van der Waals surface area contributed by atoms with E-state index in [0.717, 1.165) is 6.07 Å². The van der Waals surface area contributed by atoms with E-state index in [1.165, 1.54) is 12.1 Å². The second-order valence-corrected chi connectivity index (χ2v) is 4.44. The molecule has 0 spiro atoms. The Kier molecular flexibility index (Phi) is 3.28. The Morgan fingerprint density at radius 1 is 1.53 bits per heavy atom. The summed E-state index contributed by atoms with van der Waals surface area (Å²) in [4.78, 5) is 11.6. The molecular formula is C12H15FN2O2. The third-order valence-electron chi connectivity index (χ3n) is 3.00. The lowest BCUT2D eigenvalue weighted by Crippen LogP contribution is -2.38. The summed E-state index contributed by atoms with van der Waals surface area (Å²) in [6.45, 7) is 0.472. The van der Waals surface area contributed by atoms with Gasteiger partial charge in [0, 0.05) is 12.2 Å². The van der Waals surface area contributed by atoms with Gasteiger partial charge in [-0.2, -0.15) is 0 Å². The number of hydrogen-bond acceptors (Lipinski definition) is 3. The van der Waals surface area contributed by atoms with Crippen molar-refractivity contribution in [1.29, 1.82) is 0 Å². The fourth-order valence-electron chi connectivity index (χ4n) is 1.91. The molecule has 1 saturated carbocycles. The Morgan fingerprint density at radius 2 is 2.24 bits per heavy atom. The number of aliphatic hydroxyl groups excluding tert-OH is 1. The number of nitrogen functional groups attached to an aromatic ring is 1. The van der Waals surface area contributed by atoms with E-state index in [9.17, 15) is 9.18 Å². The van der Waals surface area contributed by atoms with Gasteiger partial charge in [0.05, 0.1) is 11.7 Å². The smallest absolute Gasteiger partial charge is 0.254 e. The Hall–Kier alpha value is -1.62. The largest absolute Gasteiger partial charge is 0.399 e. The van der Waals surface area contributed by atoms with Crippen LogP contribution in [0.1, 0.15) is 23.2 Å². The number of benzene rings is 1. The first-order valence-corrected chi connectivity index (χ1v) is 5.57. The molecule has 1 amide bonds. The van der Waals surface area contributed by atoms with E-state index >= 15 is 0 Å². The van der Waals surface area contributed by atoms with E-state index < -0.39 is 11.7 Å². The predicted molar refractivity (Wildman–Crippen MR) is 61.9 cm³/mol. The maximum Gasteiger partial charge on any atom is 0.254 e. The number of aliphatic hydroxyl groups is 1. The van der Waals surface area contributed by atoms with Crippen LogP contribution in [0.3, 0.4) is 0 Å². The first-order chi connectivity index (χ1) is 8.06. The van der Waals surface area contributed by atoms with Crippen molar-refractivity contribution in [3.63, 3.8) is 0 Å². The molecule has 0 aromatic heterocycles. The van der Waals surface area contributed by atoms with Crippen molar-refractivity contribution in [2.45, 2.75) is 18.9 Å². The topological polar surface area (TPSA) is 75.4 Å². The molecule has 17 heavy (non-hydrogen) atoms. The molecule has 1 aromatic carbocycles. The van der Waals surface area contributed by atoms with Crippen LogP contribution in [-0.2, 0) is 0 Å². The summed E-state index contributed by atoms with van der Waals surface area (Å²) in [6, 6.07) is 3.99. The maximum atomic E-state index is 13.4. The predicted octanol–water partition coefficient (Wildman–Crippen LogP) is 0.909. The van der Waals surface area contributed by atoms with Gasteiger partial charge in [0.2, 0.25) is 0 Å². The molecule has 0 heterocycles. The third kappa shape index (κ3) is 2.74. The van der Waals surface area contributed by atoms with Gasteiger partial charge in [-0.15, -0.1) is 0 Å². The molecule has 0 bridgehead atoms. The number of anilines is 1. The zero-order valence-corrected chi connectivity index (χ0v) is 9.32. The van der Waals surface area contributed by atoms with E-state index in [-0.39, 0.29) is 11.7 Å². The summed E-state index contributed by atoms with van der Waals surface area (Å²) in [7, 11) is 0. The number of amides is 1. The summed E-state index contributed by atoms with van der Waals surface area (Å²) in [5.74, 6) is -0.758. The lowest BCUT2D eigenvalue weighted by atomic mass is 9.82. The van der Waals surface area contributed by atoms with Crippen LogP contribution in [0.4, 0.5) is 10.1 Å². The third-order valence-corrected chi connectivity index (χ3v) is 3.00. The fraction of sp³-hybridized carbons (Fsp3) is 0.417. The van der Waals surface area contributed by atoms with Crippen LogP contribution >= 0.6 is 0 Å². The van der Waals surface area contributed by atoms with Crippen molar-refractivity contribution in [3.8, 4) is 0 Å². The Labute approximate surface area is 98.6 Å². The number of carbonyl (C=O) groups is 1. The highest BCUT2D eigenvalue weighted by Crippen LogP contribution is 2.26. The van der Waals surface area contributed by atoms with Crippen LogP contribution in [0.5, 0.6) is 0 Å². The average molecular weight is 238 g/mol. The molecule has 0 radical (unpaired) electrons. The molecule has 0 saturated heterocycles. The first kappa shape index (κ1) is 11.9. The summed E-state index contributed by atoms with van der Waals surface area (Å²) in [5, 5.41) is 11.7. The quantitative estimate of drug-likeness (QED) is 0.685. The molecule has 0 aliphatic heterocycles. The zero-order chi connectivity index (χ0) is 12.4. The lowest BCUT2D eigenvalue weighted by molar-refractivity contribution is 0.0420. The fourth-order valence-corrected chi connectivity index (χ4v) is 1.91. The zero-order valence-electron chi connectivity index (χ0n) is 9.32. The van der Waals surface area contributed by atoms with Gasteiger partial charge >= 0.3 is 0 Å². The highest BCUT2D eigenvalue weighted by molar-refractivity contribution is 5.94. The van der Waals surface area contributed by atoms with Crippen molar-refractivity contribution in [2.24, 2.45) is 5.92 Å². The van der Waals surface area contributed by atoms with Gasteiger partial charge < -0.3 is 16.2 Å². The monoisotopic (exact) mass is 238 g/mol. The molecule has 1 fully saturated rings. The second kappa shape index (κ2) is 4.71. The maximum absolute atomic E-state index is 13.4. The molecule has 92 valence electrons. The molecule has 4 nitrogen and oxygen atoms in total. The van der Waals surface area contributed by atoms with E-state index in [1.807, 2.05) is 0 Å². The standard InChI is InChI=1S/C12H15FN2O2/c13-11-5-8(14)1-2-10(11)12(17)15-6-7-3-9(16)4-7/h1-2,5,7,9,16H,3-4,6,14H2,(H,15,17). The normalized spacial score (nSPS) is 22.9. The molecule has 0 atom stereocenters. The minimum absolute atomic E-state index is 0.000859. The number of hydrogen-bond donors (Lipinski definition) is 3. The molecule has 2 rings (SSSR count). The average Bonchev–Trinajstić information content (AvgIpc) is 2.22. The van der Waals surface area contributed by atoms with Crippen LogP contribution < -0.4 is 11.1 Å². The Balaban J connectivity index is 1.91. The van der Waals surface area contributed by atoms with Gasteiger partial charge in [0.25, 0.3) is 5.91 Å². The van der Waals surface area contributed by atoms with Crippen LogP contribution in [0.15, 0.2) is 18.2 Å². The van der Waals surface area contributed by atoms with Gasteiger partial charge in [-0.05, 0) is 37.0 Å².